The molecule has 14 aromatic rings. The van der Waals surface area contributed by atoms with Crippen molar-refractivity contribution in [3.8, 4) is 61.7 Å². The van der Waals surface area contributed by atoms with E-state index in [9.17, 15) is 8.22 Å². The summed E-state index contributed by atoms with van der Waals surface area (Å²) < 4.78 is 83.6. The minimum absolute atomic E-state index is 0.00695. The molecule has 0 atom stereocenters. The number of rotatable bonds is 6. The number of fused-ring (bicyclic) bond motifs is 16. The lowest BCUT2D eigenvalue weighted by Gasteiger charge is -2.45. The van der Waals surface area contributed by atoms with Crippen molar-refractivity contribution >= 4 is 79.0 Å². The quantitative estimate of drug-likeness (QED) is 0.155. The first-order chi connectivity index (χ1) is 45.0. The number of para-hydroxylation sites is 4. The molecule has 0 unspecified atom stereocenters. The summed E-state index contributed by atoms with van der Waals surface area (Å²) in [6, 6.07) is 86.1. The Labute approximate surface area is 499 Å². The molecule has 1 aliphatic carbocycles. The molecule has 4 aliphatic rings. The fourth-order valence-electron chi connectivity index (χ4n) is 14.4. The van der Waals surface area contributed by atoms with Crippen molar-refractivity contribution in [1.29, 1.82) is 0 Å². The maximum atomic E-state index is 9.79. The van der Waals surface area contributed by atoms with E-state index < -0.39 is 48.4 Å². The zero-order chi connectivity index (χ0) is 62.0. The van der Waals surface area contributed by atoms with Gasteiger partial charge < -0.3 is 19.1 Å². The lowest BCUT2D eigenvalue weighted by Crippen LogP contribution is -2.61. The smallest absolute Gasteiger partial charge is 0.252 e. The second-order valence-corrected chi connectivity index (χ2v) is 22.1. The van der Waals surface area contributed by atoms with Crippen LogP contribution >= 0.6 is 0 Å². The molecule has 84 heavy (non-hydrogen) atoms. The Kier molecular flexibility index (Phi) is 8.50. The first kappa shape index (κ1) is 39.5. The van der Waals surface area contributed by atoms with E-state index in [1.54, 1.807) is 4.57 Å². The van der Waals surface area contributed by atoms with Crippen LogP contribution in [0.15, 0.2) is 303 Å². The molecule has 0 saturated carbocycles. The Bertz CT molecular complexity index is 5370. The average Bonchev–Trinajstić information content (AvgIpc) is 1.35. The van der Waals surface area contributed by atoms with E-state index in [0.717, 1.165) is 129 Å². The van der Waals surface area contributed by atoms with Gasteiger partial charge >= 0.3 is 0 Å². The zero-order valence-electron chi connectivity index (χ0n) is 53.1. The Morgan fingerprint density at radius 3 is 1.36 bits per heavy atom. The Balaban J connectivity index is 1.01. The minimum atomic E-state index is -0.811. The number of aromatic nitrogens is 1. The van der Waals surface area contributed by atoms with Gasteiger partial charge in [-0.25, -0.2) is 0 Å². The molecule has 0 fully saturated rings. The molecule has 0 radical (unpaired) electrons. The van der Waals surface area contributed by atoms with E-state index in [4.69, 9.17) is 7.48 Å². The normalized spacial score (nSPS) is 14.9. The van der Waals surface area contributed by atoms with Crippen LogP contribution in [-0.2, 0) is 5.41 Å². The molecule has 18 rings (SSSR count). The molecule has 1 aromatic heterocycles. The number of hydrogen-bond acceptors (Lipinski definition) is 3. The molecule has 0 bridgehead atoms. The topological polar surface area (TPSA) is 20.6 Å². The fourth-order valence-corrected chi connectivity index (χ4v) is 14.4. The third kappa shape index (κ3) is 6.66. The van der Waals surface area contributed by atoms with Gasteiger partial charge in [0.2, 0.25) is 0 Å². The van der Waals surface area contributed by atoms with Crippen LogP contribution in [0.5, 0.6) is 11.5 Å². The van der Waals surface area contributed by atoms with Gasteiger partial charge in [0.15, 0.2) is 0 Å². The van der Waals surface area contributed by atoms with E-state index in [0.29, 0.717) is 5.69 Å². The number of ether oxygens (including phenoxy) is 1. The second kappa shape index (κ2) is 18.1. The van der Waals surface area contributed by atoms with Crippen molar-refractivity contribution in [2.45, 2.75) is 5.41 Å². The number of hydrogen-bond donors (Lipinski definition) is 0. The van der Waals surface area contributed by atoms with Crippen molar-refractivity contribution < 1.29 is 15.7 Å². The predicted octanol–water partition coefficient (Wildman–Crippen LogP) is 18.3. The summed E-state index contributed by atoms with van der Waals surface area (Å²) in [4.78, 5) is 4.64. The highest BCUT2D eigenvalue weighted by Crippen LogP contribution is 2.63. The number of nitrogens with zero attached hydrogens (tertiary/aromatic N) is 3. The molecule has 4 heterocycles. The van der Waals surface area contributed by atoms with Gasteiger partial charge in [-0.15, -0.1) is 0 Å². The molecule has 3 aliphatic heterocycles. The summed E-state index contributed by atoms with van der Waals surface area (Å²) >= 11 is 0. The maximum absolute atomic E-state index is 9.79. The summed E-state index contributed by atoms with van der Waals surface area (Å²) in [6.45, 7) is -0.466. The van der Waals surface area contributed by atoms with Gasteiger partial charge in [-0.3, -0.25) is 0 Å². The van der Waals surface area contributed by atoms with Crippen LogP contribution in [0, 0.1) is 0 Å². The highest BCUT2D eigenvalue weighted by Gasteiger charge is 2.53. The number of anilines is 6. The molecule has 390 valence electrons. The molecule has 0 N–H and O–H groups in total. The van der Waals surface area contributed by atoms with Crippen molar-refractivity contribution in [1.82, 2.24) is 4.57 Å². The monoisotopic (exact) mass is 1080 g/mol. The Hall–Kier alpha value is -10.9. The predicted molar refractivity (Wildman–Crippen MR) is 348 cm³/mol. The van der Waals surface area contributed by atoms with Crippen LogP contribution in [0.1, 0.15) is 33.2 Å². The van der Waals surface area contributed by atoms with Crippen LogP contribution < -0.4 is 30.9 Å². The molecule has 13 aromatic carbocycles. The first-order valence-electron chi connectivity index (χ1n) is 32.4. The fraction of sp³-hybridized carbons (Fsp3) is 0.0127. The highest BCUT2D eigenvalue weighted by atomic mass is 16.5. The van der Waals surface area contributed by atoms with E-state index in [2.05, 4.69) is 210 Å². The van der Waals surface area contributed by atoms with Crippen molar-refractivity contribution in [3.63, 3.8) is 0 Å². The second-order valence-electron chi connectivity index (χ2n) is 22.1. The third-order valence-corrected chi connectivity index (χ3v) is 17.9. The van der Waals surface area contributed by atoms with Crippen molar-refractivity contribution in [2.24, 2.45) is 0 Å². The molecule has 5 heteroatoms. The van der Waals surface area contributed by atoms with Crippen LogP contribution in [0.3, 0.4) is 0 Å². The Morgan fingerprint density at radius 1 is 0.333 bits per heavy atom. The van der Waals surface area contributed by atoms with E-state index >= 15 is 0 Å². The largest absolute Gasteiger partial charge is 0.457 e. The third-order valence-electron chi connectivity index (χ3n) is 17.9. The van der Waals surface area contributed by atoms with Crippen LogP contribution in [-0.4, -0.2) is 11.3 Å². The van der Waals surface area contributed by atoms with E-state index in [-0.39, 0.29) is 33.9 Å². The SMILES string of the molecule is [2H]c1c([2H])c([2H])c2c(c1[2H])c1c([2H])c([2H])c([2H])c([2H])c1n2-c1cc2c3c(c1)N(c1ccc(-c4ccccc4)cc1)c1cc4c(cc1B3c1cc(-c3ccccc3)ccc1N2c1ccc(-c2ccccc2)cc1)C1(c2ccccc2Oc2ccccc21)c1ccccc1-4. The van der Waals surface area contributed by atoms with Crippen LogP contribution in [0.4, 0.5) is 34.1 Å². The standard InChI is InChI=1S/C79H50BN3O/c1-4-20-51(21-5-1)54-36-41-57(42-37-54)81-72-45-40-56(53-24-8-3-9-25-53)46-68(72)80-69-50-67-63(60-26-10-13-29-64(60)79(67)65-30-14-18-34-76(65)84-77-35-19-15-31-66(77)79)49-73(69)82(58-43-38-55(39-44-58)52-22-6-2-7-23-52)75-48-59(47-74(81)78(75)80)83-70-32-16-11-27-61(70)62-28-12-17-33-71(62)83/h1-50H/i11D,12D,16D,17D,27D,28D,32D,33D. The van der Waals surface area contributed by atoms with Crippen molar-refractivity contribution in [3.05, 3.63) is 325 Å². The van der Waals surface area contributed by atoms with Crippen LogP contribution in [0.25, 0.3) is 72.0 Å². The molecular weight excluding hydrogens is 1020 g/mol. The van der Waals surface area contributed by atoms with Crippen molar-refractivity contribution in [2.75, 3.05) is 9.80 Å². The number of benzene rings is 13. The molecule has 0 saturated heterocycles. The first-order valence-corrected chi connectivity index (χ1v) is 28.4. The van der Waals surface area contributed by atoms with Gasteiger partial charge in [-0.2, -0.15) is 0 Å². The van der Waals surface area contributed by atoms with Gasteiger partial charge in [-0.1, -0.05) is 230 Å². The molecule has 0 amide bonds. The Morgan fingerprint density at radius 2 is 0.786 bits per heavy atom. The summed E-state index contributed by atoms with van der Waals surface area (Å²) in [5, 5.41) is 0.0139. The van der Waals surface area contributed by atoms with E-state index in [1.807, 2.05) is 54.6 Å². The zero-order valence-corrected chi connectivity index (χ0v) is 45.1. The lowest BCUT2D eigenvalue weighted by atomic mass is 9.33. The summed E-state index contributed by atoms with van der Waals surface area (Å²) in [6.07, 6.45) is 0. The highest BCUT2D eigenvalue weighted by molar-refractivity contribution is 7.00. The lowest BCUT2D eigenvalue weighted by molar-refractivity contribution is 0.436. The van der Waals surface area contributed by atoms with Crippen LogP contribution in [0.2, 0.25) is 0 Å². The van der Waals surface area contributed by atoms with E-state index in [1.165, 1.54) is 0 Å². The molecular formula is C79H50BN3O. The minimum Gasteiger partial charge on any atom is -0.457 e. The van der Waals surface area contributed by atoms with Gasteiger partial charge in [0, 0.05) is 56.0 Å². The molecule has 1 spiro atoms. The van der Waals surface area contributed by atoms with Gasteiger partial charge in [-0.05, 0) is 145 Å². The molecule has 4 nitrogen and oxygen atoms in total. The van der Waals surface area contributed by atoms with Gasteiger partial charge in [0.1, 0.15) is 11.5 Å². The van der Waals surface area contributed by atoms with Gasteiger partial charge in [0.25, 0.3) is 6.71 Å². The summed E-state index contributed by atoms with van der Waals surface area (Å²) in [5.74, 6) is 1.58. The maximum Gasteiger partial charge on any atom is 0.252 e. The summed E-state index contributed by atoms with van der Waals surface area (Å²) in [5.41, 5.74) is 20.6. The average molecular weight is 1080 g/mol. The van der Waals surface area contributed by atoms with Gasteiger partial charge in [0.05, 0.1) is 33.1 Å². The summed E-state index contributed by atoms with van der Waals surface area (Å²) in [7, 11) is 0.